The van der Waals surface area contributed by atoms with Crippen molar-refractivity contribution < 1.29 is 82.8 Å². The zero-order valence-corrected chi connectivity index (χ0v) is 40.5. The number of hydrogen-bond acceptors (Lipinski definition) is 16. The normalized spacial score (nSPS) is 15.9. The van der Waals surface area contributed by atoms with Crippen LogP contribution in [0.2, 0.25) is 0 Å². The number of thiol groups is 1. The second-order valence-corrected chi connectivity index (χ2v) is 17.1. The smallest absolute Gasteiger partial charge is 0.326 e. The number of carbonyl (C=O) groups is 13. The number of carbonyl (C=O) groups excluding carboxylic acids is 10. The summed E-state index contributed by atoms with van der Waals surface area (Å²) in [6.07, 6.45) is -1.61. The molecule has 1 aliphatic heterocycles. The van der Waals surface area contributed by atoms with E-state index in [2.05, 4.69) is 49.8 Å². The van der Waals surface area contributed by atoms with Crippen molar-refractivity contribution in [3.63, 3.8) is 0 Å². The van der Waals surface area contributed by atoms with E-state index >= 15 is 0 Å². The van der Waals surface area contributed by atoms with Crippen LogP contribution in [0.4, 0.5) is 0 Å². The lowest BCUT2D eigenvalue weighted by atomic mass is 10.0. The Morgan fingerprint density at radius 1 is 0.653 bits per heavy atom. The van der Waals surface area contributed by atoms with E-state index in [0.29, 0.717) is 12.0 Å². The highest BCUT2D eigenvalue weighted by Gasteiger charge is 2.37. The quantitative estimate of drug-likeness (QED) is 0.0319. The van der Waals surface area contributed by atoms with Crippen molar-refractivity contribution in [2.75, 3.05) is 38.5 Å². The fraction of sp³-hybridized carbons (Fsp3) is 0.558. The van der Waals surface area contributed by atoms with E-state index in [1.807, 2.05) is 10.6 Å². The van der Waals surface area contributed by atoms with Crippen molar-refractivity contribution in [2.24, 2.45) is 11.7 Å². The van der Waals surface area contributed by atoms with Crippen molar-refractivity contribution in [3.8, 4) is 0 Å². The molecule has 1 aromatic carbocycles. The number of hydrogen-bond donors (Lipinski definition) is 15. The molecule has 10 amide bonds. The molecule has 0 bridgehead atoms. The van der Waals surface area contributed by atoms with Gasteiger partial charge in [0.25, 0.3) is 0 Å². The van der Waals surface area contributed by atoms with Crippen LogP contribution in [-0.4, -0.2) is 189 Å². The summed E-state index contributed by atoms with van der Waals surface area (Å²) in [5.74, 6) is -14.5. The van der Waals surface area contributed by atoms with E-state index in [1.54, 1.807) is 44.2 Å². The molecule has 0 unspecified atom stereocenters. The van der Waals surface area contributed by atoms with Crippen molar-refractivity contribution in [1.82, 2.24) is 52.8 Å². The van der Waals surface area contributed by atoms with Gasteiger partial charge in [0.05, 0.1) is 38.7 Å². The summed E-state index contributed by atoms with van der Waals surface area (Å²) < 4.78 is 0. The molecule has 72 heavy (non-hydrogen) atoms. The van der Waals surface area contributed by atoms with Crippen LogP contribution in [0.15, 0.2) is 30.3 Å². The second kappa shape index (κ2) is 30.4. The van der Waals surface area contributed by atoms with Crippen molar-refractivity contribution in [1.29, 1.82) is 0 Å². The summed E-state index contributed by atoms with van der Waals surface area (Å²) in [6, 6.07) is -2.56. The molecule has 0 aromatic heterocycles. The maximum absolute atomic E-state index is 13.6. The Labute approximate surface area is 417 Å². The first-order valence-electron chi connectivity index (χ1n) is 22.5. The number of aliphatic hydroxyl groups excluding tert-OH is 1. The zero-order valence-electron chi connectivity index (χ0n) is 39.6. The van der Waals surface area contributed by atoms with Gasteiger partial charge in [0.1, 0.15) is 42.3 Å². The number of benzene rings is 1. The predicted molar refractivity (Wildman–Crippen MR) is 252 cm³/mol. The molecule has 1 saturated heterocycles. The molecule has 1 heterocycles. The number of nitrogens with one attached hydrogen (secondary N) is 9. The van der Waals surface area contributed by atoms with Crippen LogP contribution < -0.4 is 53.6 Å². The Bertz CT molecular complexity index is 2150. The fourth-order valence-corrected chi connectivity index (χ4v) is 7.01. The van der Waals surface area contributed by atoms with Crippen LogP contribution in [0.3, 0.4) is 0 Å². The Balaban J connectivity index is 2.00. The average molecular weight is 1040 g/mol. The lowest BCUT2D eigenvalue weighted by Gasteiger charge is -2.27. The highest BCUT2D eigenvalue weighted by atomic mass is 32.1. The average Bonchev–Trinajstić information content (AvgIpc) is 3.83. The van der Waals surface area contributed by atoms with Gasteiger partial charge >= 0.3 is 17.9 Å². The lowest BCUT2D eigenvalue weighted by Crippen LogP contribution is -2.58. The van der Waals surface area contributed by atoms with Gasteiger partial charge in [-0.25, -0.2) is 4.79 Å². The van der Waals surface area contributed by atoms with E-state index in [-0.39, 0.29) is 25.1 Å². The highest BCUT2D eigenvalue weighted by molar-refractivity contribution is 7.80. The lowest BCUT2D eigenvalue weighted by molar-refractivity contribution is -0.144. The van der Waals surface area contributed by atoms with E-state index in [9.17, 15) is 77.6 Å². The number of nitrogens with two attached hydrogens (primary N) is 1. The topological polar surface area (TPSA) is 440 Å². The molecule has 398 valence electrons. The van der Waals surface area contributed by atoms with Crippen molar-refractivity contribution >= 4 is 89.6 Å². The summed E-state index contributed by atoms with van der Waals surface area (Å²) in [4.78, 5) is 165. The molecular formula is C43H63N11O17S. The summed E-state index contributed by atoms with van der Waals surface area (Å²) >= 11 is 3.99. The number of carboxylic acid groups (broad SMARTS) is 3. The molecule has 0 saturated carbocycles. The summed E-state index contributed by atoms with van der Waals surface area (Å²) in [6.45, 7) is 1.14. The van der Waals surface area contributed by atoms with Crippen molar-refractivity contribution in [3.05, 3.63) is 35.9 Å². The highest BCUT2D eigenvalue weighted by Crippen LogP contribution is 2.18. The number of amides is 10. The van der Waals surface area contributed by atoms with E-state index in [4.69, 9.17) is 10.8 Å². The molecule has 29 heteroatoms. The number of rotatable bonds is 30. The molecule has 1 aliphatic rings. The van der Waals surface area contributed by atoms with Crippen LogP contribution in [0.5, 0.6) is 0 Å². The van der Waals surface area contributed by atoms with Gasteiger partial charge in [-0.05, 0) is 37.7 Å². The molecule has 8 atom stereocenters. The van der Waals surface area contributed by atoms with Gasteiger partial charge in [-0.3, -0.25) is 57.5 Å². The van der Waals surface area contributed by atoms with Gasteiger partial charge in [0.2, 0.25) is 59.1 Å². The minimum atomic E-state index is -1.92. The molecule has 0 radical (unpaired) electrons. The third-order valence-corrected chi connectivity index (χ3v) is 11.0. The van der Waals surface area contributed by atoms with Gasteiger partial charge in [-0.2, -0.15) is 12.6 Å². The minimum Gasteiger partial charge on any atom is -0.481 e. The standard InChI is InChI=1S/C43H63N11O17S/c1-21(2)35(43(70)71)53-40(67)25(14-23-8-5-4-6-9-23)50-42(69)29-10-7-13-54(29)32(58)18-45-30(56)16-46-38(65)27(19-55)51-39(66)26(15-34(61)62)48-31(57)17-47-37(64)24(11-12-33(59)60)49-41(68)28(20-72)52-36(63)22(3)44/h4-6,8-9,21-22,24-29,35,55,72H,7,10-20,44H2,1-3H3,(H,45,56)(H,46,65)(H,47,64)(H,48,57)(H,49,68)(H,50,69)(H,51,66)(H,52,63)(H,53,67)(H,59,60)(H,61,62)(H,70,71)/t22-,24-,25-,26-,27-,28-,29-,35-/m0/s1. The number of nitrogens with zero attached hydrogens (tertiary/aromatic N) is 1. The molecule has 0 spiro atoms. The number of likely N-dealkylation sites (tertiary alicyclic amines) is 1. The van der Waals surface area contributed by atoms with Crippen LogP contribution in [-0.2, 0) is 68.7 Å². The van der Waals surface area contributed by atoms with Gasteiger partial charge < -0.3 is 78.9 Å². The van der Waals surface area contributed by atoms with Crippen LogP contribution in [0, 0.1) is 5.92 Å². The van der Waals surface area contributed by atoms with Crippen molar-refractivity contribution in [2.45, 2.75) is 108 Å². The second-order valence-electron chi connectivity index (χ2n) is 16.8. The first kappa shape index (κ1) is 60.7. The number of aliphatic carboxylic acids is 3. The first-order chi connectivity index (χ1) is 33.9. The summed E-state index contributed by atoms with van der Waals surface area (Å²) in [5, 5.41) is 58.2. The van der Waals surface area contributed by atoms with E-state index < -0.39 is 177 Å². The summed E-state index contributed by atoms with van der Waals surface area (Å²) in [5.41, 5.74) is 6.15. The molecule has 1 fully saturated rings. The molecule has 0 aliphatic carbocycles. The molecule has 15 N–H and O–H groups in total. The monoisotopic (exact) mass is 1040 g/mol. The number of carboxylic acids is 3. The third-order valence-electron chi connectivity index (χ3n) is 10.7. The van der Waals surface area contributed by atoms with E-state index in [1.165, 1.54) is 11.8 Å². The fourth-order valence-electron chi connectivity index (χ4n) is 6.75. The van der Waals surface area contributed by atoms with Crippen LogP contribution in [0.25, 0.3) is 0 Å². The maximum Gasteiger partial charge on any atom is 0.326 e. The first-order valence-corrected chi connectivity index (χ1v) is 23.1. The third kappa shape index (κ3) is 20.9. The van der Waals surface area contributed by atoms with Gasteiger partial charge in [0, 0.05) is 25.1 Å². The van der Waals surface area contributed by atoms with Gasteiger partial charge in [0.15, 0.2) is 0 Å². The van der Waals surface area contributed by atoms with Gasteiger partial charge in [-0.1, -0.05) is 44.2 Å². The SMILES string of the molecule is CC(C)[C@H](NC(=O)[C@H](Cc1ccccc1)NC(=O)[C@@H]1CCCN1C(=O)CNC(=O)CNC(=O)[C@H](CO)NC(=O)[C@H](CC(=O)O)NC(=O)CNC(=O)[C@H](CCC(=O)O)NC(=O)[C@H](CS)NC(=O)[C@H](C)N)C(=O)O. The molecule has 1 aromatic rings. The Morgan fingerprint density at radius 3 is 1.78 bits per heavy atom. The largest absolute Gasteiger partial charge is 0.481 e. The molecule has 28 nitrogen and oxygen atoms in total. The Morgan fingerprint density at radius 2 is 1.22 bits per heavy atom. The van der Waals surface area contributed by atoms with Crippen LogP contribution >= 0.6 is 12.6 Å². The van der Waals surface area contributed by atoms with Gasteiger partial charge in [-0.15, -0.1) is 0 Å². The molecular weight excluding hydrogens is 975 g/mol. The van der Waals surface area contributed by atoms with Crippen LogP contribution in [0.1, 0.15) is 58.4 Å². The predicted octanol–water partition coefficient (Wildman–Crippen LogP) is -6.17. The number of aliphatic hydroxyl groups is 1. The Kier molecular flexibility index (Phi) is 25.6. The zero-order chi connectivity index (χ0) is 54.2. The molecule has 2 rings (SSSR count). The van der Waals surface area contributed by atoms with E-state index in [0.717, 1.165) is 0 Å². The Hall–Kier alpha value is -7.40. The summed E-state index contributed by atoms with van der Waals surface area (Å²) in [7, 11) is 0. The minimum absolute atomic E-state index is 0.00279. The maximum atomic E-state index is 13.6.